The number of carboxylic acid groups (broad SMARTS) is 1. The number of allylic oxidation sites excluding steroid dienone is 6. The van der Waals surface area contributed by atoms with Gasteiger partial charge in [-0.2, -0.15) is 0 Å². The van der Waals surface area contributed by atoms with Crippen molar-refractivity contribution in [3.63, 3.8) is 0 Å². The Balaban J connectivity index is 4.17. The Bertz CT molecular complexity index is 1190. The van der Waals surface area contributed by atoms with Crippen LogP contribution in [0.2, 0.25) is 0 Å². The fraction of sp³-hybridized carbons (Fsp3) is 0.847. The molecule has 0 amide bonds. The average Bonchev–Trinajstić information content (AvgIpc) is 3.29. The van der Waals surface area contributed by atoms with Gasteiger partial charge in [0.1, 0.15) is 12.6 Å². The maximum Gasteiger partial charge on any atom is 0.306 e. The van der Waals surface area contributed by atoms with Gasteiger partial charge in [0.05, 0.1) is 40.3 Å². The third-order valence-corrected chi connectivity index (χ3v) is 13.0. The molecule has 0 aliphatic heterocycles. The van der Waals surface area contributed by atoms with Gasteiger partial charge in [-0.25, -0.2) is 0 Å². The molecule has 8 heteroatoms. The number of ether oxygens (including phenoxy) is 3. The van der Waals surface area contributed by atoms with E-state index < -0.39 is 18.1 Å². The number of quaternary nitrogens is 1. The number of hydrogen-bond donors (Lipinski definition) is 0. The molecule has 0 bridgehead atoms. The summed E-state index contributed by atoms with van der Waals surface area (Å²) in [6.07, 6.45) is 60.4. The SMILES string of the molecule is CCCCC/C=C/C/C=C/C/C=C/CCCCCCCCCCCC(=O)OC(COCCC(C(=O)[O-])[N+](C)(C)C)COC(=O)CCCCCCCCCCCCCCCCCCCCCCC. The molecule has 2 atom stereocenters. The summed E-state index contributed by atoms with van der Waals surface area (Å²) in [6, 6.07) is -0.726. The number of likely N-dealkylation sites (N-methyl/N-ethyl adjacent to an activating group) is 1. The van der Waals surface area contributed by atoms with Crippen LogP contribution in [0.5, 0.6) is 0 Å². The molecule has 0 fully saturated rings. The van der Waals surface area contributed by atoms with E-state index in [1.54, 1.807) is 0 Å². The molecule has 0 aromatic carbocycles. The number of hydrogen-bond acceptors (Lipinski definition) is 7. The largest absolute Gasteiger partial charge is 0.544 e. The minimum absolute atomic E-state index is 0.0419. The van der Waals surface area contributed by atoms with E-state index in [-0.39, 0.29) is 42.7 Å². The van der Waals surface area contributed by atoms with Crippen molar-refractivity contribution in [1.82, 2.24) is 0 Å². The number of aliphatic carboxylic acids is 1. The molecule has 0 aliphatic carbocycles. The second-order valence-corrected chi connectivity index (χ2v) is 20.5. The highest BCUT2D eigenvalue weighted by Crippen LogP contribution is 2.17. The van der Waals surface area contributed by atoms with Crippen molar-refractivity contribution in [3.8, 4) is 0 Å². The molecule has 0 rings (SSSR count). The van der Waals surface area contributed by atoms with Crippen molar-refractivity contribution in [2.24, 2.45) is 0 Å². The summed E-state index contributed by atoms with van der Waals surface area (Å²) >= 11 is 0. The Kier molecular flexibility index (Phi) is 48.1. The maximum absolute atomic E-state index is 12.8. The standard InChI is InChI=1S/C59H109NO7/c1-6-8-10-12-14-16-18-20-22-24-26-28-30-32-34-36-38-40-42-44-46-48-50-58(62)67-55(53-65-52-51-56(59(63)64)60(3,4)5)54-66-57(61)49-47-45-43-41-39-37-35-33-31-29-27-25-23-21-19-17-15-13-11-9-7-2/h14,16,20,22,26,28,55-56H,6-13,15,17-19,21,23-25,27,29-54H2,1-5H3/b16-14+,22-20+,28-26+. The third-order valence-electron chi connectivity index (χ3n) is 13.0. The van der Waals surface area contributed by atoms with Gasteiger partial charge in [-0.3, -0.25) is 9.59 Å². The quantitative estimate of drug-likeness (QED) is 0.0259. The summed E-state index contributed by atoms with van der Waals surface area (Å²) in [5, 5.41) is 11.7. The van der Waals surface area contributed by atoms with Gasteiger partial charge >= 0.3 is 11.9 Å². The van der Waals surface area contributed by atoms with Crippen LogP contribution in [0.4, 0.5) is 0 Å². The van der Waals surface area contributed by atoms with Crippen LogP contribution >= 0.6 is 0 Å². The number of nitrogens with zero attached hydrogens (tertiary/aromatic N) is 1. The van der Waals surface area contributed by atoms with Crippen LogP contribution in [0.3, 0.4) is 0 Å². The first-order chi connectivity index (χ1) is 32.6. The minimum atomic E-state index is -1.12. The van der Waals surface area contributed by atoms with Crippen LogP contribution < -0.4 is 5.11 Å². The van der Waals surface area contributed by atoms with E-state index in [0.717, 1.165) is 57.8 Å². The van der Waals surface area contributed by atoms with Gasteiger partial charge in [0.25, 0.3) is 0 Å². The Morgan fingerprint density at radius 1 is 0.448 bits per heavy atom. The fourth-order valence-electron chi connectivity index (χ4n) is 8.61. The van der Waals surface area contributed by atoms with E-state index in [1.807, 2.05) is 21.1 Å². The summed E-state index contributed by atoms with van der Waals surface area (Å²) in [4.78, 5) is 37.1. The molecule has 67 heavy (non-hydrogen) atoms. The topological polar surface area (TPSA) is 102 Å². The number of carbonyl (C=O) groups excluding carboxylic acids is 3. The highest BCUT2D eigenvalue weighted by atomic mass is 16.6. The predicted octanol–water partition coefficient (Wildman–Crippen LogP) is 15.6. The predicted molar refractivity (Wildman–Crippen MR) is 282 cm³/mol. The molecule has 0 aliphatic rings. The van der Waals surface area contributed by atoms with Gasteiger partial charge in [0, 0.05) is 19.3 Å². The van der Waals surface area contributed by atoms with Crippen LogP contribution in [-0.4, -0.2) is 75.5 Å². The van der Waals surface area contributed by atoms with E-state index in [1.165, 1.54) is 180 Å². The average molecular weight is 945 g/mol. The van der Waals surface area contributed by atoms with Crippen molar-refractivity contribution in [3.05, 3.63) is 36.5 Å². The van der Waals surface area contributed by atoms with Gasteiger partial charge in [0.15, 0.2) is 6.10 Å². The molecule has 0 saturated carbocycles. The molecule has 392 valence electrons. The van der Waals surface area contributed by atoms with Gasteiger partial charge < -0.3 is 28.6 Å². The van der Waals surface area contributed by atoms with Crippen LogP contribution in [-0.2, 0) is 28.6 Å². The smallest absolute Gasteiger partial charge is 0.306 e. The van der Waals surface area contributed by atoms with Crippen LogP contribution in [0.25, 0.3) is 0 Å². The number of carbonyl (C=O) groups is 3. The lowest BCUT2D eigenvalue weighted by Crippen LogP contribution is -2.55. The molecule has 2 unspecified atom stereocenters. The zero-order valence-electron chi connectivity index (χ0n) is 44.8. The van der Waals surface area contributed by atoms with E-state index in [2.05, 4.69) is 50.3 Å². The van der Waals surface area contributed by atoms with E-state index in [9.17, 15) is 19.5 Å². The fourth-order valence-corrected chi connectivity index (χ4v) is 8.61. The molecule has 0 aromatic heterocycles. The summed E-state index contributed by atoms with van der Waals surface area (Å²) in [5.74, 6) is -1.72. The van der Waals surface area contributed by atoms with Crippen LogP contribution in [0, 0.1) is 0 Å². The first-order valence-electron chi connectivity index (χ1n) is 28.5. The molecule has 0 N–H and O–H groups in total. The molecule has 8 nitrogen and oxygen atoms in total. The summed E-state index contributed by atoms with van der Waals surface area (Å²) in [7, 11) is 5.43. The van der Waals surface area contributed by atoms with Crippen molar-refractivity contribution in [2.75, 3.05) is 41.0 Å². The zero-order valence-corrected chi connectivity index (χ0v) is 44.8. The molecule has 0 spiro atoms. The molecular weight excluding hydrogens is 835 g/mol. The highest BCUT2D eigenvalue weighted by Gasteiger charge is 2.25. The lowest BCUT2D eigenvalue weighted by molar-refractivity contribution is -0.889. The second kappa shape index (κ2) is 50.0. The summed E-state index contributed by atoms with van der Waals surface area (Å²) < 4.78 is 17.3. The Labute approximate surface area is 414 Å². The monoisotopic (exact) mass is 944 g/mol. The van der Waals surface area contributed by atoms with Gasteiger partial charge in [-0.05, 0) is 51.4 Å². The first kappa shape index (κ1) is 64.5. The normalized spacial score (nSPS) is 13.0. The summed E-state index contributed by atoms with van der Waals surface area (Å²) in [6.45, 7) is 4.68. The molecule has 0 heterocycles. The number of esters is 2. The maximum atomic E-state index is 12.8. The van der Waals surface area contributed by atoms with Gasteiger partial charge in [-0.15, -0.1) is 0 Å². The van der Waals surface area contributed by atoms with Crippen molar-refractivity contribution in [2.45, 2.75) is 283 Å². The lowest BCUT2D eigenvalue weighted by atomic mass is 10.0. The number of rotatable bonds is 52. The van der Waals surface area contributed by atoms with Crippen LogP contribution in [0.1, 0.15) is 271 Å². The molecule has 0 saturated heterocycles. The zero-order chi connectivity index (χ0) is 49.2. The van der Waals surface area contributed by atoms with Gasteiger partial charge in [-0.1, -0.05) is 237 Å². The minimum Gasteiger partial charge on any atom is -0.544 e. The molecule has 0 radical (unpaired) electrons. The first-order valence-corrected chi connectivity index (χ1v) is 28.5. The molecule has 0 aromatic rings. The Hall–Kier alpha value is -2.45. The Morgan fingerprint density at radius 2 is 0.791 bits per heavy atom. The van der Waals surface area contributed by atoms with E-state index in [0.29, 0.717) is 12.8 Å². The third kappa shape index (κ3) is 48.4. The van der Waals surface area contributed by atoms with E-state index in [4.69, 9.17) is 14.2 Å². The van der Waals surface area contributed by atoms with Crippen molar-refractivity contribution >= 4 is 17.9 Å². The number of carboxylic acids is 1. The van der Waals surface area contributed by atoms with Crippen LogP contribution in [0.15, 0.2) is 36.5 Å². The van der Waals surface area contributed by atoms with Crippen molar-refractivity contribution < 1.29 is 38.2 Å². The number of unbranched alkanes of at least 4 members (excludes halogenated alkanes) is 32. The van der Waals surface area contributed by atoms with Crippen molar-refractivity contribution in [1.29, 1.82) is 0 Å². The Morgan fingerprint density at radius 3 is 1.19 bits per heavy atom. The summed E-state index contributed by atoms with van der Waals surface area (Å²) in [5.41, 5.74) is 0. The van der Waals surface area contributed by atoms with Gasteiger partial charge in [0.2, 0.25) is 0 Å². The highest BCUT2D eigenvalue weighted by molar-refractivity contribution is 5.70. The second-order valence-electron chi connectivity index (χ2n) is 20.5. The van der Waals surface area contributed by atoms with E-state index >= 15 is 0 Å². The lowest BCUT2D eigenvalue weighted by Gasteiger charge is -2.34. The molecular formula is C59H109NO7.